The van der Waals surface area contributed by atoms with Crippen LogP contribution in [0.15, 0.2) is 24.3 Å². The van der Waals surface area contributed by atoms with E-state index in [0.717, 1.165) is 16.9 Å². The smallest absolute Gasteiger partial charge is 0.123 e. The van der Waals surface area contributed by atoms with E-state index in [1.807, 2.05) is 32.2 Å². The number of hydrogen-bond donors (Lipinski definition) is 1. The summed E-state index contributed by atoms with van der Waals surface area (Å²) in [5.41, 5.74) is 2.15. The third-order valence-electron chi connectivity index (χ3n) is 2.83. The molecule has 88 valence electrons. The molecule has 4 nitrogen and oxygen atoms in total. The van der Waals surface area contributed by atoms with E-state index < -0.39 is 0 Å². The standard InChI is InChI=1S/C13H16N4/c1-10(7-14)8-15-9-13-16-11-5-3-4-6-12(11)17(13)2/h3-6,10,15H,8-9H2,1-2H3. The van der Waals surface area contributed by atoms with Gasteiger partial charge in [0.1, 0.15) is 5.82 Å². The lowest BCUT2D eigenvalue weighted by atomic mass is 10.2. The molecule has 0 saturated heterocycles. The van der Waals surface area contributed by atoms with Crippen molar-refractivity contribution in [2.75, 3.05) is 6.54 Å². The molecule has 4 heteroatoms. The Morgan fingerprint density at radius 2 is 2.24 bits per heavy atom. The SMILES string of the molecule is CC(C#N)CNCc1nc2ccccc2n1C. The van der Waals surface area contributed by atoms with Gasteiger partial charge in [-0.2, -0.15) is 5.26 Å². The summed E-state index contributed by atoms with van der Waals surface area (Å²) in [6, 6.07) is 10.3. The predicted octanol–water partition coefficient (Wildman–Crippen LogP) is 1.82. The molecule has 2 rings (SSSR count). The van der Waals surface area contributed by atoms with E-state index in [1.54, 1.807) is 0 Å². The Kier molecular flexibility index (Phi) is 3.40. The first-order valence-electron chi connectivity index (χ1n) is 5.73. The monoisotopic (exact) mass is 228 g/mol. The maximum absolute atomic E-state index is 8.69. The van der Waals surface area contributed by atoms with Gasteiger partial charge in [-0.25, -0.2) is 4.98 Å². The van der Waals surface area contributed by atoms with Crippen molar-refractivity contribution in [3.63, 3.8) is 0 Å². The van der Waals surface area contributed by atoms with Gasteiger partial charge in [-0.1, -0.05) is 12.1 Å². The largest absolute Gasteiger partial charge is 0.330 e. The molecule has 1 aromatic carbocycles. The summed E-state index contributed by atoms with van der Waals surface area (Å²) in [6.45, 7) is 3.29. The highest BCUT2D eigenvalue weighted by molar-refractivity contribution is 5.75. The molecule has 0 bridgehead atoms. The molecule has 1 atom stereocenters. The van der Waals surface area contributed by atoms with Gasteiger partial charge in [-0.15, -0.1) is 0 Å². The second-order valence-corrected chi connectivity index (χ2v) is 4.24. The molecule has 0 aliphatic carbocycles. The normalized spacial score (nSPS) is 12.5. The summed E-state index contributed by atoms with van der Waals surface area (Å²) >= 11 is 0. The highest BCUT2D eigenvalue weighted by Gasteiger charge is 2.06. The van der Waals surface area contributed by atoms with E-state index >= 15 is 0 Å². The number of hydrogen-bond acceptors (Lipinski definition) is 3. The van der Waals surface area contributed by atoms with Gasteiger partial charge in [0.2, 0.25) is 0 Å². The van der Waals surface area contributed by atoms with E-state index in [0.29, 0.717) is 13.1 Å². The van der Waals surface area contributed by atoms with Gasteiger partial charge < -0.3 is 9.88 Å². The van der Waals surface area contributed by atoms with E-state index in [-0.39, 0.29) is 5.92 Å². The van der Waals surface area contributed by atoms with Gasteiger partial charge in [0.05, 0.1) is 29.6 Å². The van der Waals surface area contributed by atoms with Crippen LogP contribution >= 0.6 is 0 Å². The molecule has 0 saturated carbocycles. The second kappa shape index (κ2) is 4.98. The lowest BCUT2D eigenvalue weighted by Gasteiger charge is -2.05. The Labute approximate surface area is 101 Å². The van der Waals surface area contributed by atoms with Crippen molar-refractivity contribution in [3.05, 3.63) is 30.1 Å². The first-order valence-corrected chi connectivity index (χ1v) is 5.73. The highest BCUT2D eigenvalue weighted by Crippen LogP contribution is 2.13. The van der Waals surface area contributed by atoms with Crippen LogP contribution in [0.2, 0.25) is 0 Å². The Morgan fingerprint density at radius 3 is 2.94 bits per heavy atom. The minimum absolute atomic E-state index is 0.0321. The summed E-state index contributed by atoms with van der Waals surface area (Å²) in [6.07, 6.45) is 0. The average Bonchev–Trinajstić information content (AvgIpc) is 2.67. The molecule has 1 heterocycles. The van der Waals surface area contributed by atoms with Crippen molar-refractivity contribution >= 4 is 11.0 Å². The number of imidazole rings is 1. The van der Waals surface area contributed by atoms with Gasteiger partial charge in [-0.3, -0.25) is 0 Å². The fourth-order valence-electron chi connectivity index (χ4n) is 1.80. The lowest BCUT2D eigenvalue weighted by Crippen LogP contribution is -2.21. The Balaban J connectivity index is 2.09. The topological polar surface area (TPSA) is 53.6 Å². The number of para-hydroxylation sites is 2. The molecule has 0 amide bonds. The molecule has 0 radical (unpaired) electrons. The zero-order valence-electron chi connectivity index (χ0n) is 10.1. The van der Waals surface area contributed by atoms with Crippen molar-refractivity contribution in [1.82, 2.24) is 14.9 Å². The molecule has 0 aliphatic heterocycles. The van der Waals surface area contributed by atoms with Crippen LogP contribution in [-0.4, -0.2) is 16.1 Å². The van der Waals surface area contributed by atoms with Crippen molar-refractivity contribution in [3.8, 4) is 6.07 Å². The first kappa shape index (κ1) is 11.6. The number of nitriles is 1. The molecule has 0 aliphatic rings. The molecule has 1 unspecified atom stereocenters. The van der Waals surface area contributed by atoms with Crippen molar-refractivity contribution < 1.29 is 0 Å². The molecular formula is C13H16N4. The van der Waals surface area contributed by atoms with Crippen LogP contribution in [-0.2, 0) is 13.6 Å². The minimum Gasteiger partial charge on any atom is -0.330 e. The number of benzene rings is 1. The van der Waals surface area contributed by atoms with E-state index in [1.165, 1.54) is 0 Å². The molecule has 17 heavy (non-hydrogen) atoms. The number of nitrogens with one attached hydrogen (secondary N) is 1. The quantitative estimate of drug-likeness (QED) is 0.868. The van der Waals surface area contributed by atoms with Gasteiger partial charge in [-0.05, 0) is 19.1 Å². The molecule has 1 aromatic heterocycles. The van der Waals surface area contributed by atoms with Crippen molar-refractivity contribution in [2.24, 2.45) is 13.0 Å². The van der Waals surface area contributed by atoms with Crippen LogP contribution in [0.1, 0.15) is 12.7 Å². The van der Waals surface area contributed by atoms with Gasteiger partial charge >= 0.3 is 0 Å². The summed E-state index contributed by atoms with van der Waals surface area (Å²) in [5.74, 6) is 1.03. The Hall–Kier alpha value is -1.86. The molecule has 0 fully saturated rings. The van der Waals surface area contributed by atoms with E-state index in [4.69, 9.17) is 5.26 Å². The van der Waals surface area contributed by atoms with Gasteiger partial charge in [0.15, 0.2) is 0 Å². The van der Waals surface area contributed by atoms with E-state index in [2.05, 4.69) is 27.0 Å². The third kappa shape index (κ3) is 2.45. The minimum atomic E-state index is 0.0321. The zero-order chi connectivity index (χ0) is 12.3. The van der Waals surface area contributed by atoms with Crippen molar-refractivity contribution in [2.45, 2.75) is 13.5 Å². The number of rotatable bonds is 4. The van der Waals surface area contributed by atoms with E-state index in [9.17, 15) is 0 Å². The van der Waals surface area contributed by atoms with Crippen LogP contribution in [0.4, 0.5) is 0 Å². The lowest BCUT2D eigenvalue weighted by molar-refractivity contribution is 0.579. The van der Waals surface area contributed by atoms with Crippen LogP contribution in [0.3, 0.4) is 0 Å². The van der Waals surface area contributed by atoms with Crippen LogP contribution in [0, 0.1) is 17.2 Å². The zero-order valence-corrected chi connectivity index (χ0v) is 10.1. The molecule has 2 aromatic rings. The molecular weight excluding hydrogens is 212 g/mol. The number of aromatic nitrogens is 2. The number of aryl methyl sites for hydroxylation is 1. The fourth-order valence-corrected chi connectivity index (χ4v) is 1.80. The maximum Gasteiger partial charge on any atom is 0.123 e. The fraction of sp³-hybridized carbons (Fsp3) is 0.385. The third-order valence-corrected chi connectivity index (χ3v) is 2.83. The summed E-state index contributed by atoms with van der Waals surface area (Å²) in [5, 5.41) is 11.9. The maximum atomic E-state index is 8.69. The second-order valence-electron chi connectivity index (χ2n) is 4.24. The van der Waals surface area contributed by atoms with Crippen molar-refractivity contribution in [1.29, 1.82) is 5.26 Å². The summed E-state index contributed by atoms with van der Waals surface area (Å²) < 4.78 is 2.08. The van der Waals surface area contributed by atoms with Crippen LogP contribution in [0.5, 0.6) is 0 Å². The predicted molar refractivity (Wildman–Crippen MR) is 67.2 cm³/mol. The van der Waals surface area contributed by atoms with Crippen LogP contribution in [0.25, 0.3) is 11.0 Å². The number of fused-ring (bicyclic) bond motifs is 1. The van der Waals surface area contributed by atoms with Gasteiger partial charge in [0, 0.05) is 13.6 Å². The first-order chi connectivity index (χ1) is 8.22. The summed E-state index contributed by atoms with van der Waals surface area (Å²) in [7, 11) is 2.01. The summed E-state index contributed by atoms with van der Waals surface area (Å²) in [4.78, 5) is 4.55. The number of nitrogens with zero attached hydrogens (tertiary/aromatic N) is 3. The average molecular weight is 228 g/mol. The molecule has 1 N–H and O–H groups in total. The molecule has 0 spiro atoms. The van der Waals surface area contributed by atoms with Crippen LogP contribution < -0.4 is 5.32 Å². The van der Waals surface area contributed by atoms with Gasteiger partial charge in [0.25, 0.3) is 0 Å². The Bertz CT molecular complexity index is 550. The highest BCUT2D eigenvalue weighted by atomic mass is 15.1. The Morgan fingerprint density at radius 1 is 1.47 bits per heavy atom.